The average Bonchev–Trinajstić information content (AvgIpc) is 3.15. The molecule has 1 aromatic heterocycles. The Bertz CT molecular complexity index is 1060. The maximum atomic E-state index is 12.7. The van der Waals surface area contributed by atoms with Crippen molar-refractivity contribution in [2.75, 3.05) is 40.5 Å². The number of benzene rings is 2. The molecule has 1 aliphatic rings. The smallest absolute Gasteiger partial charge is 0.185 e. The lowest BCUT2D eigenvalue weighted by Gasteiger charge is -2.27. The van der Waals surface area contributed by atoms with E-state index >= 15 is 0 Å². The largest absolute Gasteiger partial charge is 0.493 e. The standard InChI is InChI=1S/C24H26N2O4/c1-28-23-10-8-18(15-24(23)29-2)22(27)9-7-19-16-26(17-25-11-13-30-14-12-25)21-6-4-3-5-20(19)21/h3-10,15-16H,11-14,17H2,1-2H3/b9-7+. The maximum absolute atomic E-state index is 12.7. The van der Waals surface area contributed by atoms with E-state index < -0.39 is 0 Å². The third-order valence-corrected chi connectivity index (χ3v) is 5.36. The van der Waals surface area contributed by atoms with Crippen molar-refractivity contribution >= 4 is 22.8 Å². The first kappa shape index (κ1) is 20.2. The fourth-order valence-electron chi connectivity index (χ4n) is 3.73. The number of allylic oxidation sites excluding steroid dienone is 1. The number of carbonyl (C=O) groups is 1. The molecule has 0 N–H and O–H groups in total. The Morgan fingerprint density at radius 3 is 2.60 bits per heavy atom. The second-order valence-corrected chi connectivity index (χ2v) is 7.21. The zero-order valence-electron chi connectivity index (χ0n) is 17.3. The number of fused-ring (bicyclic) bond motifs is 1. The highest BCUT2D eigenvalue weighted by molar-refractivity contribution is 6.08. The molecule has 156 valence electrons. The van der Waals surface area contributed by atoms with Gasteiger partial charge in [0.05, 0.1) is 34.1 Å². The molecule has 6 nitrogen and oxygen atoms in total. The molecule has 2 heterocycles. The minimum absolute atomic E-state index is 0.0824. The molecule has 0 bridgehead atoms. The van der Waals surface area contributed by atoms with Crippen LogP contribution in [0.25, 0.3) is 17.0 Å². The van der Waals surface area contributed by atoms with Crippen molar-refractivity contribution in [2.45, 2.75) is 6.67 Å². The van der Waals surface area contributed by atoms with Crippen molar-refractivity contribution in [1.82, 2.24) is 9.47 Å². The van der Waals surface area contributed by atoms with Gasteiger partial charge in [0, 0.05) is 41.3 Å². The van der Waals surface area contributed by atoms with Crippen molar-refractivity contribution in [3.05, 3.63) is 65.9 Å². The number of carbonyl (C=O) groups excluding carboxylic acids is 1. The van der Waals surface area contributed by atoms with Gasteiger partial charge < -0.3 is 18.8 Å². The molecule has 0 amide bonds. The highest BCUT2D eigenvalue weighted by atomic mass is 16.5. The molecule has 0 saturated carbocycles. The number of aromatic nitrogens is 1. The van der Waals surface area contributed by atoms with Gasteiger partial charge in [-0.1, -0.05) is 18.2 Å². The normalized spacial score (nSPS) is 15.0. The zero-order valence-corrected chi connectivity index (χ0v) is 17.3. The van der Waals surface area contributed by atoms with Crippen LogP contribution in [-0.2, 0) is 11.4 Å². The third kappa shape index (κ3) is 4.25. The molecule has 0 radical (unpaired) electrons. The second-order valence-electron chi connectivity index (χ2n) is 7.21. The van der Waals surface area contributed by atoms with E-state index in [0.717, 1.165) is 49.4 Å². The van der Waals surface area contributed by atoms with E-state index in [9.17, 15) is 4.79 Å². The molecule has 1 aliphatic heterocycles. The fourth-order valence-corrected chi connectivity index (χ4v) is 3.73. The molecule has 4 rings (SSSR count). The monoisotopic (exact) mass is 406 g/mol. The summed E-state index contributed by atoms with van der Waals surface area (Å²) in [7, 11) is 3.14. The molecular weight excluding hydrogens is 380 g/mol. The van der Waals surface area contributed by atoms with Crippen LogP contribution in [0, 0.1) is 0 Å². The summed E-state index contributed by atoms with van der Waals surface area (Å²) in [5, 5.41) is 1.13. The Balaban J connectivity index is 1.58. The summed E-state index contributed by atoms with van der Waals surface area (Å²) in [6, 6.07) is 13.5. The van der Waals surface area contributed by atoms with Gasteiger partial charge in [-0.2, -0.15) is 0 Å². The average molecular weight is 406 g/mol. The lowest BCUT2D eigenvalue weighted by Crippen LogP contribution is -2.37. The Morgan fingerprint density at radius 2 is 1.83 bits per heavy atom. The third-order valence-electron chi connectivity index (χ3n) is 5.36. The van der Waals surface area contributed by atoms with E-state index in [1.807, 2.05) is 18.2 Å². The first-order chi connectivity index (χ1) is 14.7. The van der Waals surface area contributed by atoms with Gasteiger partial charge in [-0.25, -0.2) is 0 Å². The molecule has 0 spiro atoms. The van der Waals surface area contributed by atoms with E-state index in [2.05, 4.69) is 27.8 Å². The number of nitrogens with zero attached hydrogens (tertiary/aromatic N) is 2. The van der Waals surface area contributed by atoms with E-state index in [1.165, 1.54) is 0 Å². The van der Waals surface area contributed by atoms with Crippen LogP contribution >= 0.6 is 0 Å². The first-order valence-electron chi connectivity index (χ1n) is 10.0. The van der Waals surface area contributed by atoms with Crippen LogP contribution in [0.3, 0.4) is 0 Å². The summed E-state index contributed by atoms with van der Waals surface area (Å²) in [6.45, 7) is 4.20. The lowest BCUT2D eigenvalue weighted by atomic mass is 10.1. The number of morpholine rings is 1. The van der Waals surface area contributed by atoms with Gasteiger partial charge in [0.1, 0.15) is 0 Å². The predicted octanol–water partition coefficient (Wildman–Crippen LogP) is 3.84. The Kier molecular flexibility index (Phi) is 6.16. The summed E-state index contributed by atoms with van der Waals surface area (Å²) in [5.74, 6) is 1.06. The van der Waals surface area contributed by atoms with E-state index in [0.29, 0.717) is 17.1 Å². The van der Waals surface area contributed by atoms with Gasteiger partial charge in [-0.05, 0) is 36.4 Å². The van der Waals surface area contributed by atoms with Gasteiger partial charge in [-0.3, -0.25) is 9.69 Å². The van der Waals surface area contributed by atoms with E-state index in [4.69, 9.17) is 14.2 Å². The molecule has 30 heavy (non-hydrogen) atoms. The van der Waals surface area contributed by atoms with Crippen LogP contribution in [0.4, 0.5) is 0 Å². The van der Waals surface area contributed by atoms with Gasteiger partial charge in [0.15, 0.2) is 17.3 Å². The number of para-hydroxylation sites is 1. The molecule has 0 aliphatic carbocycles. The number of ketones is 1. The first-order valence-corrected chi connectivity index (χ1v) is 10.0. The minimum atomic E-state index is -0.0824. The highest BCUT2D eigenvalue weighted by Crippen LogP contribution is 2.28. The Morgan fingerprint density at radius 1 is 1.07 bits per heavy atom. The topological polar surface area (TPSA) is 52.9 Å². The molecule has 2 aromatic carbocycles. The summed E-state index contributed by atoms with van der Waals surface area (Å²) in [4.78, 5) is 15.1. The number of rotatable bonds is 7. The molecular formula is C24H26N2O4. The van der Waals surface area contributed by atoms with Crippen LogP contribution in [0.15, 0.2) is 54.7 Å². The van der Waals surface area contributed by atoms with Crippen molar-refractivity contribution in [3.63, 3.8) is 0 Å². The summed E-state index contributed by atoms with van der Waals surface area (Å²) >= 11 is 0. The van der Waals surface area contributed by atoms with Crippen molar-refractivity contribution < 1.29 is 19.0 Å². The number of hydrogen-bond acceptors (Lipinski definition) is 5. The van der Waals surface area contributed by atoms with Crippen molar-refractivity contribution in [1.29, 1.82) is 0 Å². The van der Waals surface area contributed by atoms with E-state index in [1.54, 1.807) is 38.5 Å². The quantitative estimate of drug-likeness (QED) is 0.441. The van der Waals surface area contributed by atoms with Crippen molar-refractivity contribution in [3.8, 4) is 11.5 Å². The van der Waals surface area contributed by atoms with Gasteiger partial charge >= 0.3 is 0 Å². The second kappa shape index (κ2) is 9.15. The summed E-state index contributed by atoms with van der Waals surface area (Å²) in [6.07, 6.45) is 5.61. The molecule has 1 fully saturated rings. The van der Waals surface area contributed by atoms with Gasteiger partial charge in [0.25, 0.3) is 0 Å². The maximum Gasteiger partial charge on any atom is 0.185 e. The molecule has 3 aromatic rings. The van der Waals surface area contributed by atoms with Crippen LogP contribution in [0.5, 0.6) is 11.5 Å². The van der Waals surface area contributed by atoms with E-state index in [-0.39, 0.29) is 5.78 Å². The zero-order chi connectivity index (χ0) is 20.9. The fraction of sp³-hybridized carbons (Fsp3) is 0.292. The number of hydrogen-bond donors (Lipinski definition) is 0. The SMILES string of the molecule is COc1ccc(C(=O)/C=C/c2cn(CN3CCOCC3)c3ccccc23)cc1OC. The highest BCUT2D eigenvalue weighted by Gasteiger charge is 2.14. The van der Waals surface area contributed by atoms with Crippen LogP contribution < -0.4 is 9.47 Å². The van der Waals surface area contributed by atoms with Gasteiger partial charge in [0.2, 0.25) is 0 Å². The summed E-state index contributed by atoms with van der Waals surface area (Å²) in [5.41, 5.74) is 2.73. The molecule has 6 heteroatoms. The predicted molar refractivity (Wildman–Crippen MR) is 117 cm³/mol. The molecule has 0 unspecified atom stereocenters. The number of methoxy groups -OCH3 is 2. The van der Waals surface area contributed by atoms with Crippen LogP contribution in [0.1, 0.15) is 15.9 Å². The lowest BCUT2D eigenvalue weighted by molar-refractivity contribution is 0.0242. The Hall–Kier alpha value is -3.09. The number of ether oxygens (including phenoxy) is 3. The van der Waals surface area contributed by atoms with Crippen LogP contribution in [-0.4, -0.2) is 55.8 Å². The minimum Gasteiger partial charge on any atom is -0.493 e. The van der Waals surface area contributed by atoms with Crippen molar-refractivity contribution in [2.24, 2.45) is 0 Å². The molecule has 0 atom stereocenters. The summed E-state index contributed by atoms with van der Waals surface area (Å²) < 4.78 is 18.2. The van der Waals surface area contributed by atoms with Crippen LogP contribution in [0.2, 0.25) is 0 Å². The van der Waals surface area contributed by atoms with Gasteiger partial charge in [-0.15, -0.1) is 0 Å². The Labute approximate surface area is 176 Å². The molecule has 1 saturated heterocycles.